The van der Waals surface area contributed by atoms with Crippen LogP contribution in [0.1, 0.15) is 18.1 Å². The monoisotopic (exact) mass is 717 g/mol. The number of sulfonamides is 1. The number of imidazole rings is 1. The number of nitrogens with two attached hydrogens (primary N) is 2. The first kappa shape index (κ1) is 34.5. The van der Waals surface area contributed by atoms with Gasteiger partial charge >= 0.3 is 0 Å². The minimum absolute atomic E-state index is 0.0902. The maximum absolute atomic E-state index is 14.5. The van der Waals surface area contributed by atoms with Gasteiger partial charge in [-0.3, -0.25) is 0 Å². The quantitative estimate of drug-likeness (QED) is 0.135. The van der Waals surface area contributed by atoms with Crippen LogP contribution in [0.3, 0.4) is 0 Å². The van der Waals surface area contributed by atoms with E-state index in [1.165, 1.54) is 31.0 Å². The van der Waals surface area contributed by atoms with Crippen molar-refractivity contribution in [1.82, 2.24) is 34.9 Å². The van der Waals surface area contributed by atoms with E-state index >= 15 is 0 Å². The molecule has 0 aliphatic heterocycles. The molecule has 0 saturated heterocycles. The Kier molecular flexibility index (Phi) is 9.57. The summed E-state index contributed by atoms with van der Waals surface area (Å²) < 4.78 is 70.2. The van der Waals surface area contributed by atoms with Gasteiger partial charge in [0.1, 0.15) is 16.4 Å². The largest absolute Gasteiger partial charge is 0.497 e. The van der Waals surface area contributed by atoms with Crippen LogP contribution in [-0.2, 0) is 33.0 Å². The number of rotatable bonds is 13. The van der Waals surface area contributed by atoms with Gasteiger partial charge in [0.25, 0.3) is 0 Å². The molecule has 0 spiro atoms. The molecule has 50 heavy (non-hydrogen) atoms. The van der Waals surface area contributed by atoms with Crippen LogP contribution >= 0.6 is 0 Å². The number of nitrogen functional groups attached to an aromatic ring is 1. The molecule has 15 nitrogen and oxygen atoms in total. The predicted molar refractivity (Wildman–Crippen MR) is 188 cm³/mol. The highest BCUT2D eigenvalue weighted by molar-refractivity contribution is 7.94. The van der Waals surface area contributed by atoms with Gasteiger partial charge in [0.15, 0.2) is 15.8 Å². The Morgan fingerprint density at radius 2 is 1.54 bits per heavy atom. The standard InChI is InChI=1S/C33H35N9O6S2/c1-20(17-34)49(43,44)28-16-15-25(26-5-4-6-27-30(26)38-33(35)37-27)29(31(28)50(45,46)36-18-21-7-11-23(47-2)12-8-21)32-39-41-42(40-32)19-22-9-13-24(48-3)14-10-22/h4-16,20,36H,17-19,34H2,1-3H3,(H3,35,37,38). The minimum Gasteiger partial charge on any atom is -0.497 e. The Labute approximate surface area is 288 Å². The smallest absolute Gasteiger partial charge is 0.242 e. The molecule has 0 aliphatic rings. The fourth-order valence-corrected chi connectivity index (χ4v) is 8.70. The molecule has 0 radical (unpaired) electrons. The first-order chi connectivity index (χ1) is 23.9. The molecule has 2 aromatic heterocycles. The van der Waals surface area contributed by atoms with Crippen molar-refractivity contribution in [2.24, 2.45) is 5.73 Å². The van der Waals surface area contributed by atoms with E-state index < -0.39 is 34.9 Å². The molecular weight excluding hydrogens is 683 g/mol. The third-order valence-electron chi connectivity index (χ3n) is 8.16. The number of fused-ring (bicyclic) bond motifs is 1. The van der Waals surface area contributed by atoms with Crippen LogP contribution in [0.2, 0.25) is 0 Å². The molecule has 6 N–H and O–H groups in total. The molecule has 0 saturated carbocycles. The summed E-state index contributed by atoms with van der Waals surface area (Å²) >= 11 is 0. The highest BCUT2D eigenvalue weighted by Gasteiger charge is 2.36. The zero-order valence-electron chi connectivity index (χ0n) is 27.4. The maximum atomic E-state index is 14.5. The average Bonchev–Trinajstić information content (AvgIpc) is 3.75. The van der Waals surface area contributed by atoms with Crippen LogP contribution in [0.15, 0.2) is 88.7 Å². The highest BCUT2D eigenvalue weighted by Crippen LogP contribution is 2.42. The van der Waals surface area contributed by atoms with E-state index in [0.29, 0.717) is 33.7 Å². The van der Waals surface area contributed by atoms with E-state index in [4.69, 9.17) is 20.9 Å². The summed E-state index contributed by atoms with van der Waals surface area (Å²) in [4.78, 5) is 7.69. The lowest BCUT2D eigenvalue weighted by Crippen LogP contribution is -2.31. The van der Waals surface area contributed by atoms with Crippen molar-refractivity contribution in [3.63, 3.8) is 0 Å². The zero-order valence-corrected chi connectivity index (χ0v) is 29.0. The molecular formula is C33H35N9O6S2. The Hall–Kier alpha value is -5.36. The number of benzene rings is 4. The van der Waals surface area contributed by atoms with Crippen LogP contribution in [0.5, 0.6) is 11.5 Å². The summed E-state index contributed by atoms with van der Waals surface area (Å²) in [5.74, 6) is 1.27. The van der Waals surface area contributed by atoms with Gasteiger partial charge in [-0.25, -0.2) is 26.5 Å². The molecule has 0 fully saturated rings. The summed E-state index contributed by atoms with van der Waals surface area (Å²) in [7, 11) is -5.85. The minimum atomic E-state index is -4.63. The van der Waals surface area contributed by atoms with Gasteiger partial charge in [-0.1, -0.05) is 42.5 Å². The van der Waals surface area contributed by atoms with Crippen molar-refractivity contribution >= 4 is 36.8 Å². The molecule has 260 valence electrons. The molecule has 0 aliphatic carbocycles. The van der Waals surface area contributed by atoms with Crippen LogP contribution in [0, 0.1) is 0 Å². The van der Waals surface area contributed by atoms with Gasteiger partial charge in [0, 0.05) is 18.7 Å². The molecule has 0 amide bonds. The van der Waals surface area contributed by atoms with Gasteiger partial charge in [0.2, 0.25) is 15.8 Å². The number of nitrogens with one attached hydrogen (secondary N) is 2. The van der Waals surface area contributed by atoms with Crippen molar-refractivity contribution in [2.75, 3.05) is 26.5 Å². The van der Waals surface area contributed by atoms with E-state index in [0.717, 1.165) is 5.56 Å². The first-order valence-corrected chi connectivity index (χ1v) is 18.4. The van der Waals surface area contributed by atoms with Crippen molar-refractivity contribution in [2.45, 2.75) is 35.1 Å². The van der Waals surface area contributed by atoms with Crippen molar-refractivity contribution in [3.8, 4) is 34.0 Å². The second-order valence-corrected chi connectivity index (χ2v) is 15.4. The van der Waals surface area contributed by atoms with Crippen LogP contribution in [0.4, 0.5) is 5.95 Å². The summed E-state index contributed by atoms with van der Waals surface area (Å²) in [6, 6.07) is 22.0. The summed E-state index contributed by atoms with van der Waals surface area (Å²) in [5, 5.41) is 11.9. The number of H-pyrrole nitrogens is 1. The second kappa shape index (κ2) is 13.9. The first-order valence-electron chi connectivity index (χ1n) is 15.3. The summed E-state index contributed by atoms with van der Waals surface area (Å²) in [6.07, 6.45) is 0. The number of nitrogens with zero attached hydrogens (tertiary/aromatic N) is 5. The maximum Gasteiger partial charge on any atom is 0.242 e. The number of hydrogen-bond acceptors (Lipinski definition) is 12. The third kappa shape index (κ3) is 6.75. The normalized spacial score (nSPS) is 12.6. The Bertz CT molecular complexity index is 2380. The number of anilines is 1. The number of aromatic nitrogens is 6. The lowest BCUT2D eigenvalue weighted by molar-refractivity contribution is 0.414. The van der Waals surface area contributed by atoms with E-state index in [1.54, 1.807) is 61.7 Å². The number of aromatic amines is 1. The van der Waals surface area contributed by atoms with E-state index in [9.17, 15) is 16.8 Å². The van der Waals surface area contributed by atoms with Crippen molar-refractivity contribution < 1.29 is 26.3 Å². The van der Waals surface area contributed by atoms with Gasteiger partial charge in [0.05, 0.1) is 47.5 Å². The molecule has 0 bridgehead atoms. The van der Waals surface area contributed by atoms with Gasteiger partial charge in [-0.05, 0) is 65.2 Å². The van der Waals surface area contributed by atoms with Gasteiger partial charge in [-0.15, -0.1) is 10.2 Å². The lowest BCUT2D eigenvalue weighted by atomic mass is 9.98. The van der Waals surface area contributed by atoms with Crippen LogP contribution in [0.25, 0.3) is 33.5 Å². The molecule has 1 atom stereocenters. The molecule has 6 rings (SSSR count). The number of methoxy groups -OCH3 is 2. The number of hydrogen-bond donors (Lipinski definition) is 4. The van der Waals surface area contributed by atoms with Gasteiger partial charge in [-0.2, -0.15) is 4.80 Å². The third-order valence-corrected chi connectivity index (χ3v) is 12.0. The van der Waals surface area contributed by atoms with Crippen molar-refractivity contribution in [1.29, 1.82) is 0 Å². The lowest BCUT2D eigenvalue weighted by Gasteiger charge is -2.20. The number of para-hydroxylation sites is 1. The average molecular weight is 718 g/mol. The zero-order chi connectivity index (χ0) is 35.6. The van der Waals surface area contributed by atoms with E-state index in [2.05, 4.69) is 30.1 Å². The van der Waals surface area contributed by atoms with Gasteiger partial charge < -0.3 is 25.9 Å². The number of tetrazole rings is 1. The Balaban J connectivity index is 1.59. The highest BCUT2D eigenvalue weighted by atomic mass is 32.2. The van der Waals surface area contributed by atoms with E-state index in [1.807, 2.05) is 12.1 Å². The fourth-order valence-electron chi connectivity index (χ4n) is 5.41. The molecule has 17 heteroatoms. The Morgan fingerprint density at radius 3 is 2.18 bits per heavy atom. The Morgan fingerprint density at radius 1 is 0.880 bits per heavy atom. The van der Waals surface area contributed by atoms with Crippen LogP contribution < -0.4 is 25.7 Å². The fraction of sp³-hybridized carbons (Fsp3) is 0.212. The SMILES string of the molecule is COc1ccc(CNS(=O)(=O)c2c(S(=O)(=O)C(C)CN)ccc(-c3cccc4[nH]c(N)nc34)c2-c2nnn(Cc3ccc(OC)cc3)n2)cc1. The molecule has 2 heterocycles. The van der Waals surface area contributed by atoms with Crippen LogP contribution in [-0.4, -0.2) is 73.0 Å². The number of sulfone groups is 1. The summed E-state index contributed by atoms with van der Waals surface area (Å²) in [6.45, 7) is 1.18. The van der Waals surface area contributed by atoms with E-state index in [-0.39, 0.29) is 42.5 Å². The topological polar surface area (TPSA) is 223 Å². The van der Waals surface area contributed by atoms with Crippen molar-refractivity contribution in [3.05, 3.63) is 90.0 Å². The second-order valence-electron chi connectivity index (χ2n) is 11.4. The number of ether oxygens (including phenoxy) is 2. The predicted octanol–water partition coefficient (Wildman–Crippen LogP) is 3.13. The molecule has 4 aromatic carbocycles. The molecule has 1 unspecified atom stereocenters. The molecule has 6 aromatic rings. The summed E-state index contributed by atoms with van der Waals surface area (Å²) in [5.41, 5.74) is 14.9.